The number of fused-ring (bicyclic) bond motifs is 6. The number of rotatable bonds is 10. The Bertz CT molecular complexity index is 3990. The van der Waals surface area contributed by atoms with E-state index in [9.17, 15) is 0 Å². The van der Waals surface area contributed by atoms with Crippen LogP contribution in [0.4, 0.5) is 0 Å². The van der Waals surface area contributed by atoms with Gasteiger partial charge in [-0.05, 0) is 115 Å². The molecule has 85 heavy (non-hydrogen) atoms. The molecule has 12 aromatic rings. The van der Waals surface area contributed by atoms with Crippen LogP contribution in [0.2, 0.25) is 0 Å². The van der Waals surface area contributed by atoms with Gasteiger partial charge in [-0.25, -0.2) is 0 Å². The van der Waals surface area contributed by atoms with Gasteiger partial charge >= 0.3 is 44.8 Å². The van der Waals surface area contributed by atoms with Crippen LogP contribution in [0.15, 0.2) is 328 Å². The molecule has 0 aromatic heterocycles. The summed E-state index contributed by atoms with van der Waals surface area (Å²) in [6.45, 7) is 5.02. The van der Waals surface area contributed by atoms with Crippen LogP contribution in [0.5, 0.6) is 0 Å². The summed E-state index contributed by atoms with van der Waals surface area (Å²) in [5, 5.41) is 5.96. The van der Waals surface area contributed by atoms with Crippen LogP contribution in [-0.2, 0) is 55.6 Å². The van der Waals surface area contributed by atoms with Crippen LogP contribution in [-0.4, -0.2) is 4.90 Å². The average molecular weight is 1490 g/mol. The summed E-state index contributed by atoms with van der Waals surface area (Å²) in [5.41, 5.74) is 15.9. The largest absolute Gasteiger partial charge is 1.00 e. The van der Waals surface area contributed by atoms with E-state index >= 15 is 0 Å². The van der Waals surface area contributed by atoms with Crippen LogP contribution >= 0.6 is 15.8 Å². The average Bonchev–Trinajstić information content (AvgIpc) is 1.66. The van der Waals surface area contributed by atoms with Crippen LogP contribution in [0.3, 0.4) is 0 Å². The van der Waals surface area contributed by atoms with E-state index in [0.29, 0.717) is 0 Å². The first-order valence-corrected chi connectivity index (χ1v) is 31.4. The van der Waals surface area contributed by atoms with Gasteiger partial charge in [0.2, 0.25) is 0 Å². The molecule has 0 saturated heterocycles. The van der Waals surface area contributed by atoms with Crippen molar-refractivity contribution in [3.8, 4) is 34.1 Å². The van der Waals surface area contributed by atoms with Gasteiger partial charge in [-0.1, -0.05) is 255 Å². The molecule has 0 heterocycles. The maximum atomic E-state index is 7.66. The molecule has 0 unspecified atom stereocenters. The maximum absolute atomic E-state index is 7.66. The minimum atomic E-state index is -1.02. The third-order valence-electron chi connectivity index (χ3n) is 16.7. The van der Waals surface area contributed by atoms with Gasteiger partial charge in [0.1, 0.15) is 37.1 Å². The van der Waals surface area contributed by atoms with Crippen LogP contribution in [0.1, 0.15) is 69.5 Å². The second-order valence-electron chi connectivity index (χ2n) is 21.7. The fourth-order valence-electron chi connectivity index (χ4n) is 13.4. The Morgan fingerprint density at radius 1 is 0.271 bits per heavy atom. The van der Waals surface area contributed by atoms with E-state index in [2.05, 4.69) is 341 Å². The topological polar surface area (TPSA) is 0 Å². The first-order valence-electron chi connectivity index (χ1n) is 28.4. The zero-order valence-corrected chi connectivity index (χ0v) is 53.6. The molecule has 0 fully saturated rings. The van der Waals surface area contributed by atoms with Crippen molar-refractivity contribution in [2.75, 3.05) is 0 Å². The minimum Gasteiger partial charge on any atom is -0.366 e. The molecule has 0 atom stereocenters. The summed E-state index contributed by atoms with van der Waals surface area (Å²) >= 11 is 0. The Morgan fingerprint density at radius 2 is 0.529 bits per heavy atom. The predicted molar refractivity (Wildman–Crippen MR) is 355 cm³/mol. The first kappa shape index (κ1) is 60.2. The van der Waals surface area contributed by atoms with Crippen molar-refractivity contribution in [2.24, 2.45) is 0 Å². The van der Waals surface area contributed by atoms with E-state index in [1.165, 1.54) is 88.0 Å². The molecule has 12 aromatic carbocycles. The van der Waals surface area contributed by atoms with Crippen molar-refractivity contribution in [2.45, 2.75) is 29.6 Å². The molecule has 14 rings (SSSR count). The quantitative estimate of drug-likeness (QED) is 0.0554. The van der Waals surface area contributed by atoms with Crippen molar-refractivity contribution in [3.05, 3.63) is 396 Å². The fourth-order valence-corrected chi connectivity index (χ4v) is 21.8. The van der Waals surface area contributed by atoms with Crippen molar-refractivity contribution < 1.29 is 44.8 Å². The van der Waals surface area contributed by atoms with Crippen LogP contribution in [0, 0.1) is 24.7 Å². The molecule has 2 aliphatic rings. The molecule has 0 amide bonds. The maximum Gasteiger partial charge on any atom is 1.00 e. The molecule has 0 nitrogen and oxygen atoms in total. The van der Waals surface area contributed by atoms with E-state index in [-0.39, 0.29) is 60.5 Å². The van der Waals surface area contributed by atoms with Crippen LogP contribution in [0.25, 0.3) is 22.3 Å². The molecular weight excluding hydrogens is 1430 g/mol. The molecule has 0 N–H and O–H groups in total. The summed E-state index contributed by atoms with van der Waals surface area (Å²) in [7, 11) is -2.05. The summed E-state index contributed by atoms with van der Waals surface area (Å²) < 4.78 is 0. The summed E-state index contributed by atoms with van der Waals surface area (Å²) in [4.78, 5) is 0.154. The van der Waals surface area contributed by atoms with Crippen molar-refractivity contribution in [1.82, 2.24) is 0 Å². The Hall–Kier alpha value is -7.90. The number of hydrogen-bond donors (Lipinski definition) is 0. The van der Waals surface area contributed by atoms with E-state index in [0.717, 1.165) is 11.1 Å². The van der Waals surface area contributed by atoms with Gasteiger partial charge in [0.05, 0.1) is 10.8 Å². The second-order valence-corrected chi connectivity index (χ2v) is 28.5. The van der Waals surface area contributed by atoms with Gasteiger partial charge in [-0.2, -0.15) is 0 Å². The SMILES string of the molecule is CC(C)([PH+](c1ccccc1)c1ccccc1)[PH+](c1ccccc1)c1ccccc1.[Au+].[Au+].[C-]#Cc1ccc2c(c1)-c1ccccc1C2(c1ccccc1)c1ccccc1.[C-]#Cc1ccc2c(c1)C(c1ccccc1)(c1ccccc1)c1ccccc1-2. The van der Waals surface area contributed by atoms with Gasteiger partial charge < -0.3 is 12.8 Å². The normalized spacial score (nSPS) is 12.5. The van der Waals surface area contributed by atoms with Gasteiger partial charge in [-0.3, -0.25) is 11.8 Å². The van der Waals surface area contributed by atoms with E-state index < -0.39 is 15.8 Å². The summed E-state index contributed by atoms with van der Waals surface area (Å²) in [6, 6.07) is 117. The Morgan fingerprint density at radius 3 is 0.882 bits per heavy atom. The molecule has 416 valence electrons. The van der Waals surface area contributed by atoms with Gasteiger partial charge in [0.25, 0.3) is 0 Å². The zero-order chi connectivity index (χ0) is 56.6. The Labute approximate surface area is 537 Å². The predicted octanol–water partition coefficient (Wildman–Crippen LogP) is 17.4. The minimum absolute atomic E-state index is 0. The molecule has 0 radical (unpaired) electrons. The van der Waals surface area contributed by atoms with Gasteiger partial charge in [-0.15, -0.1) is 35.4 Å². The molecule has 2 aliphatic carbocycles. The molecule has 0 saturated carbocycles. The third-order valence-corrected chi connectivity index (χ3v) is 24.3. The first-order chi connectivity index (χ1) is 40.9. The summed E-state index contributed by atoms with van der Waals surface area (Å²) in [5.74, 6) is 5.12. The molecule has 0 spiro atoms. The van der Waals surface area contributed by atoms with Crippen LogP contribution < -0.4 is 21.2 Å². The summed E-state index contributed by atoms with van der Waals surface area (Å²) in [6.07, 6.45) is 15.2. The number of benzene rings is 12. The standard InChI is InChI=1S/C27H26P2.2C27H17.2Au/c1-27(2,28(23-15-7-3-8-16-23)24-17-9-4-10-18-24)29(25-19-11-5-12-20-25)26-21-13-6-14-22-26;1-2-20-17-18-26-24(19-20)23-15-9-10-16-25(23)27(26,21-11-5-3-6-12-21)22-13-7-4-8-14-22;1-2-20-17-18-24-23-15-9-10-16-25(23)27(26(24)19-20,21-11-5-3-6-12-21)22-13-7-4-8-14-22;;/h3-22H,1-2H3;2*3-19H;;/q;2*-1;2*+1/p+2. The second kappa shape index (κ2) is 27.0. The fraction of sp³-hybridized carbons (Fsp3) is 0.0617. The Balaban J connectivity index is 0.000000140. The zero-order valence-electron chi connectivity index (χ0n) is 47.3. The molecule has 4 heteroatoms. The van der Waals surface area contributed by atoms with Crippen molar-refractivity contribution in [1.29, 1.82) is 0 Å². The number of hydrogen-bond acceptors (Lipinski definition) is 0. The van der Waals surface area contributed by atoms with E-state index in [1.807, 2.05) is 12.1 Å². The molecular formula is C81H62Au2P2+2. The van der Waals surface area contributed by atoms with Gasteiger partial charge in [0.15, 0.2) is 4.90 Å². The van der Waals surface area contributed by atoms with Gasteiger partial charge in [0, 0.05) is 13.8 Å². The molecule has 0 bridgehead atoms. The smallest absolute Gasteiger partial charge is 0.366 e. The monoisotopic (exact) mass is 1490 g/mol. The third kappa shape index (κ3) is 11.3. The molecule has 0 aliphatic heterocycles. The Kier molecular flexibility index (Phi) is 19.1. The van der Waals surface area contributed by atoms with E-state index in [4.69, 9.17) is 12.8 Å². The van der Waals surface area contributed by atoms with Crippen molar-refractivity contribution in [3.63, 3.8) is 0 Å². The van der Waals surface area contributed by atoms with E-state index in [1.54, 1.807) is 0 Å². The van der Waals surface area contributed by atoms with Crippen molar-refractivity contribution >= 4 is 37.1 Å².